The molecule has 3 heteroatoms. The van der Waals surface area contributed by atoms with Gasteiger partial charge in [-0.1, -0.05) is 30.3 Å². The Morgan fingerprint density at radius 2 is 1.75 bits per heavy atom. The third-order valence-electron chi connectivity index (χ3n) is 2.99. The smallest absolute Gasteiger partial charge is 0.150 e. The summed E-state index contributed by atoms with van der Waals surface area (Å²) in [4.78, 5) is 11.3. The summed E-state index contributed by atoms with van der Waals surface area (Å²) in [5, 5.41) is 0. The van der Waals surface area contributed by atoms with Crippen molar-refractivity contribution in [2.24, 2.45) is 0 Å². The first-order valence-corrected chi connectivity index (χ1v) is 6.23. The fraction of sp³-hybridized carbons (Fsp3) is 0.118. The predicted octanol–water partition coefficient (Wildman–Crippen LogP) is 3.44. The van der Waals surface area contributed by atoms with Gasteiger partial charge >= 0.3 is 0 Å². The van der Waals surface area contributed by atoms with Crippen molar-refractivity contribution in [2.45, 2.75) is 0 Å². The number of methoxy groups -OCH3 is 2. The van der Waals surface area contributed by atoms with Crippen LogP contribution in [0, 0.1) is 0 Å². The average molecular weight is 268 g/mol. The lowest BCUT2D eigenvalue weighted by Crippen LogP contribution is -1.91. The van der Waals surface area contributed by atoms with Crippen molar-refractivity contribution in [2.75, 3.05) is 14.2 Å². The van der Waals surface area contributed by atoms with Crippen LogP contribution in [0.2, 0.25) is 0 Å². The number of ether oxygens (including phenoxy) is 2. The summed E-state index contributed by atoms with van der Waals surface area (Å²) in [6.45, 7) is 0. The van der Waals surface area contributed by atoms with Crippen LogP contribution in [0.15, 0.2) is 48.5 Å². The molecule has 0 radical (unpaired) electrons. The van der Waals surface area contributed by atoms with Crippen LogP contribution in [-0.4, -0.2) is 20.5 Å². The first-order valence-electron chi connectivity index (χ1n) is 6.23. The molecule has 0 aliphatic heterocycles. The van der Waals surface area contributed by atoms with Gasteiger partial charge in [-0.3, -0.25) is 4.79 Å². The summed E-state index contributed by atoms with van der Waals surface area (Å²) in [7, 11) is 3.19. The van der Waals surface area contributed by atoms with E-state index in [1.165, 1.54) is 0 Å². The molecule has 2 aromatic rings. The Hall–Kier alpha value is -2.55. The Morgan fingerprint density at radius 1 is 1.00 bits per heavy atom. The van der Waals surface area contributed by atoms with Gasteiger partial charge in [-0.2, -0.15) is 0 Å². The van der Waals surface area contributed by atoms with Crippen LogP contribution in [0.3, 0.4) is 0 Å². The SMILES string of the molecule is COc1ccc(/C=C(/C=O)c2ccccc2)c(OC)c1. The molecular weight excluding hydrogens is 252 g/mol. The van der Waals surface area contributed by atoms with Crippen LogP contribution in [0.5, 0.6) is 11.5 Å². The second-order valence-corrected chi connectivity index (χ2v) is 4.19. The molecule has 0 fully saturated rings. The van der Waals surface area contributed by atoms with Gasteiger partial charge in [0.1, 0.15) is 11.5 Å². The van der Waals surface area contributed by atoms with E-state index in [2.05, 4.69) is 0 Å². The van der Waals surface area contributed by atoms with Crippen LogP contribution in [0.1, 0.15) is 11.1 Å². The van der Waals surface area contributed by atoms with Crippen molar-refractivity contribution in [3.63, 3.8) is 0 Å². The molecule has 2 aromatic carbocycles. The van der Waals surface area contributed by atoms with E-state index in [4.69, 9.17) is 9.47 Å². The van der Waals surface area contributed by atoms with Crippen LogP contribution in [0.25, 0.3) is 11.6 Å². The van der Waals surface area contributed by atoms with Crippen molar-refractivity contribution < 1.29 is 14.3 Å². The van der Waals surface area contributed by atoms with E-state index in [9.17, 15) is 4.79 Å². The second-order valence-electron chi connectivity index (χ2n) is 4.19. The molecule has 0 heterocycles. The highest BCUT2D eigenvalue weighted by atomic mass is 16.5. The number of rotatable bonds is 5. The summed E-state index contributed by atoms with van der Waals surface area (Å²) in [6.07, 6.45) is 2.65. The number of hydrogen-bond donors (Lipinski definition) is 0. The molecular formula is C17H16O3. The minimum atomic E-state index is 0.606. The van der Waals surface area contributed by atoms with E-state index in [-0.39, 0.29) is 0 Å². The van der Waals surface area contributed by atoms with E-state index >= 15 is 0 Å². The second kappa shape index (κ2) is 6.57. The average Bonchev–Trinajstić information content (AvgIpc) is 2.53. The number of aldehydes is 1. The van der Waals surface area contributed by atoms with E-state index in [0.717, 1.165) is 17.4 Å². The largest absolute Gasteiger partial charge is 0.497 e. The summed E-state index contributed by atoms with van der Waals surface area (Å²) < 4.78 is 10.5. The lowest BCUT2D eigenvalue weighted by atomic mass is 10.0. The minimum absolute atomic E-state index is 0.606. The molecule has 2 rings (SSSR count). The molecule has 0 spiro atoms. The van der Waals surface area contributed by atoms with Gasteiger partial charge < -0.3 is 9.47 Å². The minimum Gasteiger partial charge on any atom is -0.497 e. The van der Waals surface area contributed by atoms with Gasteiger partial charge in [-0.15, -0.1) is 0 Å². The number of carbonyl (C=O) groups excluding carboxylic acids is 1. The molecule has 0 aliphatic rings. The zero-order valence-corrected chi connectivity index (χ0v) is 11.5. The molecule has 3 nitrogen and oxygen atoms in total. The summed E-state index contributed by atoms with van der Waals surface area (Å²) in [6, 6.07) is 15.0. The number of hydrogen-bond acceptors (Lipinski definition) is 3. The fourth-order valence-electron chi connectivity index (χ4n) is 1.92. The molecule has 0 aromatic heterocycles. The highest BCUT2D eigenvalue weighted by Gasteiger charge is 2.05. The normalized spacial score (nSPS) is 11.0. The third kappa shape index (κ3) is 3.06. The Morgan fingerprint density at radius 3 is 2.35 bits per heavy atom. The summed E-state index contributed by atoms with van der Waals surface area (Å²) >= 11 is 0. The Bertz CT molecular complexity index is 615. The molecule has 20 heavy (non-hydrogen) atoms. The standard InChI is InChI=1S/C17H16O3/c1-19-16-9-8-14(17(11-16)20-2)10-15(12-18)13-6-4-3-5-7-13/h3-12H,1-2H3/b15-10-. The van der Waals surface area contributed by atoms with E-state index in [1.54, 1.807) is 26.4 Å². The first-order chi connectivity index (χ1) is 9.78. The molecule has 0 unspecified atom stereocenters. The topological polar surface area (TPSA) is 35.5 Å². The zero-order valence-electron chi connectivity index (χ0n) is 11.5. The summed E-state index contributed by atoms with van der Waals surface area (Å²) in [5.74, 6) is 1.38. The van der Waals surface area contributed by atoms with Gasteiger partial charge in [0.05, 0.1) is 14.2 Å². The Labute approximate surface area is 118 Å². The molecule has 0 bridgehead atoms. The maximum Gasteiger partial charge on any atom is 0.150 e. The molecule has 102 valence electrons. The van der Waals surface area contributed by atoms with E-state index < -0.39 is 0 Å². The Balaban J connectivity index is 2.45. The van der Waals surface area contributed by atoms with E-state index in [0.29, 0.717) is 17.1 Å². The number of benzene rings is 2. The molecule has 0 amide bonds. The summed E-state index contributed by atoms with van der Waals surface area (Å²) in [5.41, 5.74) is 2.31. The van der Waals surface area contributed by atoms with Gasteiger partial charge in [0.2, 0.25) is 0 Å². The number of allylic oxidation sites excluding steroid dienone is 1. The maximum atomic E-state index is 11.3. The van der Waals surface area contributed by atoms with Crippen molar-refractivity contribution >= 4 is 17.9 Å². The Kier molecular flexibility index (Phi) is 4.56. The van der Waals surface area contributed by atoms with Gasteiger partial charge in [0.15, 0.2) is 6.29 Å². The van der Waals surface area contributed by atoms with Crippen LogP contribution in [0.4, 0.5) is 0 Å². The number of carbonyl (C=O) groups is 1. The monoisotopic (exact) mass is 268 g/mol. The molecule has 0 aliphatic carbocycles. The van der Waals surface area contributed by atoms with Crippen LogP contribution in [-0.2, 0) is 4.79 Å². The van der Waals surface area contributed by atoms with Crippen molar-refractivity contribution in [3.05, 3.63) is 59.7 Å². The lowest BCUT2D eigenvalue weighted by molar-refractivity contribution is -0.103. The van der Waals surface area contributed by atoms with Gasteiger partial charge in [-0.05, 0) is 23.8 Å². The quantitative estimate of drug-likeness (QED) is 0.473. The van der Waals surface area contributed by atoms with E-state index in [1.807, 2.05) is 42.5 Å². The van der Waals surface area contributed by atoms with Crippen molar-refractivity contribution in [1.29, 1.82) is 0 Å². The van der Waals surface area contributed by atoms with Gasteiger partial charge in [0, 0.05) is 17.2 Å². The predicted molar refractivity (Wildman–Crippen MR) is 79.9 cm³/mol. The lowest BCUT2D eigenvalue weighted by Gasteiger charge is -2.08. The van der Waals surface area contributed by atoms with Gasteiger partial charge in [-0.25, -0.2) is 0 Å². The molecule has 0 saturated carbocycles. The maximum absolute atomic E-state index is 11.3. The molecule has 0 saturated heterocycles. The molecule has 0 N–H and O–H groups in total. The van der Waals surface area contributed by atoms with Gasteiger partial charge in [0.25, 0.3) is 0 Å². The van der Waals surface area contributed by atoms with Crippen molar-refractivity contribution in [3.8, 4) is 11.5 Å². The van der Waals surface area contributed by atoms with Crippen molar-refractivity contribution in [1.82, 2.24) is 0 Å². The fourth-order valence-corrected chi connectivity index (χ4v) is 1.92. The highest BCUT2D eigenvalue weighted by Crippen LogP contribution is 2.28. The van der Waals surface area contributed by atoms with Crippen LogP contribution >= 0.6 is 0 Å². The first kappa shape index (κ1) is 13.9. The zero-order chi connectivity index (χ0) is 14.4. The third-order valence-corrected chi connectivity index (χ3v) is 2.99. The highest BCUT2D eigenvalue weighted by molar-refractivity contribution is 6.13. The molecule has 0 atom stereocenters. The van der Waals surface area contributed by atoms with Crippen LogP contribution < -0.4 is 9.47 Å².